The van der Waals surface area contributed by atoms with Gasteiger partial charge in [0.15, 0.2) is 0 Å². The monoisotopic (exact) mass is 1370 g/mol. The van der Waals surface area contributed by atoms with Gasteiger partial charge in [-0.05, 0) is 197 Å². The van der Waals surface area contributed by atoms with Crippen LogP contribution in [0.5, 0.6) is 0 Å². The summed E-state index contributed by atoms with van der Waals surface area (Å²) in [5.41, 5.74) is 11.7. The van der Waals surface area contributed by atoms with E-state index in [1.54, 1.807) is 18.2 Å². The third-order valence-electron chi connectivity index (χ3n) is 21.5. The summed E-state index contributed by atoms with van der Waals surface area (Å²) in [5.74, 6) is -1.67. The molecule has 17 aromatic rings. The second-order valence-electron chi connectivity index (χ2n) is 29.6. The first-order valence-electron chi connectivity index (χ1n) is 44.9. The van der Waals surface area contributed by atoms with Gasteiger partial charge in [-0.3, -0.25) is 0 Å². The summed E-state index contributed by atoms with van der Waals surface area (Å²) in [7, 11) is 0. The van der Waals surface area contributed by atoms with Crippen molar-refractivity contribution in [2.24, 2.45) is 0 Å². The van der Waals surface area contributed by atoms with Crippen LogP contribution in [0.2, 0.25) is 0 Å². The molecule has 0 N–H and O–H groups in total. The van der Waals surface area contributed by atoms with Crippen molar-refractivity contribution < 1.29 is 34.9 Å². The largest absolute Gasteiger partial charge is 0.456 e. The lowest BCUT2D eigenvalue weighted by molar-refractivity contribution is 0.590. The van der Waals surface area contributed by atoms with Crippen molar-refractivity contribution in [3.05, 3.63) is 383 Å². The lowest BCUT2D eigenvalue weighted by Crippen LogP contribution is -2.31. The highest BCUT2D eigenvalue weighted by Crippen LogP contribution is 2.66. The van der Waals surface area contributed by atoms with Crippen LogP contribution in [0.3, 0.4) is 0 Å². The molecule has 0 saturated carbocycles. The van der Waals surface area contributed by atoms with Crippen LogP contribution < -0.4 is 9.80 Å². The Labute approximate surface area is 640 Å². The van der Waals surface area contributed by atoms with Crippen LogP contribution in [0, 0.1) is 0 Å². The number of furan rings is 2. The van der Waals surface area contributed by atoms with Gasteiger partial charge >= 0.3 is 0 Å². The summed E-state index contributed by atoms with van der Waals surface area (Å²) in [6.45, 7) is 11.6. The van der Waals surface area contributed by atoms with E-state index < -0.39 is 137 Å². The Kier molecular flexibility index (Phi) is 10.4. The number of hydrogen-bond acceptors (Lipinski definition) is 4. The van der Waals surface area contributed by atoms with Gasteiger partial charge in [0.05, 0.1) is 60.2 Å². The molecule has 0 amide bonds. The Bertz CT molecular complexity index is 7220. The van der Waals surface area contributed by atoms with Crippen LogP contribution >= 0.6 is 0 Å². The third-order valence-corrected chi connectivity index (χ3v) is 21.5. The van der Waals surface area contributed by atoms with E-state index in [1.165, 1.54) is 0 Å². The number of rotatable bonds is 9. The van der Waals surface area contributed by atoms with Crippen LogP contribution in [-0.4, -0.2) is 0 Å². The maximum Gasteiger partial charge on any atom is 0.136 e. The number of hydrogen-bond donors (Lipinski definition) is 0. The van der Waals surface area contributed by atoms with Crippen molar-refractivity contribution in [1.82, 2.24) is 0 Å². The van der Waals surface area contributed by atoms with Gasteiger partial charge in [0.25, 0.3) is 0 Å². The van der Waals surface area contributed by atoms with Crippen LogP contribution in [0.1, 0.15) is 135 Å². The normalized spacial score (nSPS) is 16.5. The Balaban J connectivity index is 1.06. The van der Waals surface area contributed by atoms with Gasteiger partial charge in [-0.15, -0.1) is 0 Å². The molecule has 1 unspecified atom stereocenters. The molecule has 0 radical (unpaired) electrons. The minimum absolute atomic E-state index is 0.0218. The molecule has 0 spiro atoms. The molecular formula is C101H76N2O2. The van der Waals surface area contributed by atoms with Gasteiger partial charge in [0, 0.05) is 61.2 Å². The zero-order valence-electron chi connectivity index (χ0n) is 77.3. The summed E-state index contributed by atoms with van der Waals surface area (Å²) in [6.07, 6.45) is 0.544. The van der Waals surface area contributed by atoms with Gasteiger partial charge in [0.1, 0.15) is 22.3 Å². The lowest BCUT2D eigenvalue weighted by Gasteiger charge is -2.47. The predicted molar refractivity (Wildman–Crippen MR) is 438 cm³/mol. The highest BCUT2D eigenvalue weighted by molar-refractivity contribution is 6.15. The van der Waals surface area contributed by atoms with E-state index >= 15 is 0 Å². The molecule has 2 aliphatic heterocycles. The fourth-order valence-corrected chi connectivity index (χ4v) is 16.7. The van der Waals surface area contributed by atoms with E-state index in [-0.39, 0.29) is 55.9 Å². The number of anilines is 6. The van der Waals surface area contributed by atoms with Crippen LogP contribution in [0.15, 0.2) is 336 Å². The molecule has 2 aromatic heterocycles. The topological polar surface area (TPSA) is 32.8 Å². The van der Waals surface area contributed by atoms with Gasteiger partial charge in [-0.25, -0.2) is 0 Å². The molecule has 1 atom stereocenters. The van der Waals surface area contributed by atoms with E-state index in [9.17, 15) is 26.0 Å². The quantitative estimate of drug-likeness (QED) is 0.144. The number of fused-ring (bicyclic) bond motifs is 12. The number of para-hydroxylation sites is 2. The van der Waals surface area contributed by atoms with Crippen LogP contribution in [-0.2, 0) is 17.3 Å². The van der Waals surface area contributed by atoms with Crippen molar-refractivity contribution in [2.75, 3.05) is 9.80 Å². The molecule has 0 fully saturated rings. The highest BCUT2D eigenvalue weighted by Gasteiger charge is 2.45. The smallest absolute Gasteiger partial charge is 0.136 e. The Morgan fingerprint density at radius 2 is 0.695 bits per heavy atom. The molecule has 105 heavy (non-hydrogen) atoms. The summed E-state index contributed by atoms with van der Waals surface area (Å²) >= 11 is 0. The van der Waals surface area contributed by atoms with E-state index in [0.717, 1.165) is 61.0 Å². The Hall–Kier alpha value is -12.5. The number of benzene rings is 15. The highest BCUT2D eigenvalue weighted by atomic mass is 16.3. The molecule has 3 aliphatic rings. The van der Waals surface area contributed by atoms with Crippen molar-refractivity contribution in [1.29, 1.82) is 0 Å². The summed E-state index contributed by atoms with van der Waals surface area (Å²) < 4.78 is 200. The molecule has 4 nitrogen and oxygen atoms in total. The number of nitrogens with zero attached hydrogens (tertiary/aromatic N) is 2. The van der Waals surface area contributed by atoms with Crippen LogP contribution in [0.4, 0.5) is 34.1 Å². The minimum Gasteiger partial charge on any atom is -0.456 e. The molecular weight excluding hydrogens is 1270 g/mol. The SMILES string of the molecule is [2H]c1cc([2H])c([2H])c(-c2cc(C(C)(C)C)cc(-c3c([2H])c([2H])c([2H])c([2H])c3[2H])c2N2c3ccc(-c4cccc5oc6ccccc6c45)cc3C3c4cc(-c5cccc6oc7ccccc7c56)ccc4N(c4c(-c5c([2H])c([2H])c([2H])c([2H])c5[2H])cc(C(C)(C)C)cc4-c4c([2H])c([2H])c([2H])c([2H])c4[2H])c4cc(C5c6ccccc6Cc6ccccc65)cc2c43)c1[2H]. The molecule has 20 rings (SSSR count). The summed E-state index contributed by atoms with van der Waals surface area (Å²) in [6, 6.07) is 57.1. The average molecular weight is 1370 g/mol. The van der Waals surface area contributed by atoms with E-state index in [1.807, 2.05) is 191 Å². The van der Waals surface area contributed by atoms with Gasteiger partial charge in [0.2, 0.25) is 0 Å². The van der Waals surface area contributed by atoms with Crippen molar-refractivity contribution in [2.45, 2.75) is 70.6 Å². The van der Waals surface area contributed by atoms with E-state index in [2.05, 4.69) is 48.5 Å². The first-order chi connectivity index (χ1) is 59.2. The van der Waals surface area contributed by atoms with Crippen molar-refractivity contribution >= 4 is 78.0 Å². The molecule has 0 bridgehead atoms. The first-order valence-corrected chi connectivity index (χ1v) is 35.4. The van der Waals surface area contributed by atoms with Gasteiger partial charge in [-0.2, -0.15) is 0 Å². The van der Waals surface area contributed by atoms with Crippen molar-refractivity contribution in [3.63, 3.8) is 0 Å². The summed E-state index contributed by atoms with van der Waals surface area (Å²) in [5, 5.41) is 3.27. The second kappa shape index (κ2) is 24.1. The van der Waals surface area contributed by atoms with E-state index in [0.29, 0.717) is 96.0 Å². The zero-order chi connectivity index (χ0) is 86.9. The zero-order valence-corrected chi connectivity index (χ0v) is 58.3. The van der Waals surface area contributed by atoms with E-state index in [4.69, 9.17) is 8.83 Å². The Morgan fingerprint density at radius 1 is 0.314 bits per heavy atom. The molecule has 1 aliphatic carbocycles. The first kappa shape index (κ1) is 45.5. The Morgan fingerprint density at radius 3 is 1.11 bits per heavy atom. The summed E-state index contributed by atoms with van der Waals surface area (Å²) in [4.78, 5) is 3.93. The second-order valence-corrected chi connectivity index (χ2v) is 29.6. The molecule has 502 valence electrons. The standard InChI is InChI=1S/C101H76N2O2/c1-100(2,3)71-58-79(62-29-11-7-12-30-62)98(80(59-71)63-31-13-8-14-32-63)102-85-51-49-68(75-43-27-47-91-94(75)77-41-23-25-45-89(77)104-91)54-83(85)96-84-55-69(76-44-28-48-92-95(76)78-42-24-26-46-90(78)105-92)50-52-86(84)103(99-81(64-33-15-9-16-34-64)60-72(101(4,5)6)61-82(99)65-35-17-10-18-36-65)88-57-70(56-87(102)97(88)96)93-73-39-21-19-37-66(73)53-67-38-20-22-40-74(67)93/h7-52,54-61,93,96H,53H2,1-6H3/i7D,8D,9D,11D,12D,13D,14D,15D,16D,17D,18D,29D,30D,31D,32D,33D,34D,35D,36D. The maximum atomic E-state index is 10.3. The molecule has 0 saturated heterocycles. The third kappa shape index (κ3) is 10.1. The van der Waals surface area contributed by atoms with Crippen molar-refractivity contribution in [3.8, 4) is 66.8 Å². The molecule has 4 heterocycles. The van der Waals surface area contributed by atoms with Gasteiger partial charge in [-0.1, -0.05) is 284 Å². The molecule has 15 aromatic carbocycles. The molecule has 4 heteroatoms. The fraction of sp³-hybridized carbons (Fsp3) is 0.109. The predicted octanol–water partition coefficient (Wildman–Crippen LogP) is 27.9. The minimum atomic E-state index is -0.998. The van der Waals surface area contributed by atoms with Crippen LogP contribution in [0.25, 0.3) is 111 Å². The lowest BCUT2D eigenvalue weighted by atomic mass is 9.71. The van der Waals surface area contributed by atoms with Gasteiger partial charge < -0.3 is 18.6 Å². The average Bonchev–Trinajstić information content (AvgIpc) is 0.722. The fourth-order valence-electron chi connectivity index (χ4n) is 16.7. The maximum absolute atomic E-state index is 10.3.